The van der Waals surface area contributed by atoms with Crippen LogP contribution < -0.4 is 11.3 Å². The Bertz CT molecular complexity index is 909. The van der Waals surface area contributed by atoms with Crippen LogP contribution in [0.15, 0.2) is 29.1 Å². The average Bonchev–Trinajstić information content (AvgIpc) is 2.94. The fraction of sp³-hybridized carbons (Fsp3) is 0.389. The van der Waals surface area contributed by atoms with Crippen molar-refractivity contribution in [2.75, 3.05) is 0 Å². The van der Waals surface area contributed by atoms with Crippen molar-refractivity contribution in [3.05, 3.63) is 57.3 Å². The number of benzene rings is 1. The van der Waals surface area contributed by atoms with E-state index in [0.717, 1.165) is 35.2 Å². The van der Waals surface area contributed by atoms with Crippen LogP contribution in [0.4, 0.5) is 0 Å². The minimum Gasteiger partial charge on any atom is -0.326 e. The van der Waals surface area contributed by atoms with E-state index in [1.54, 1.807) is 4.68 Å². The Morgan fingerprint density at radius 1 is 1.25 bits per heavy atom. The molecule has 2 aromatic heterocycles. The molecule has 0 spiro atoms. The number of H-pyrrole nitrogens is 1. The summed E-state index contributed by atoms with van der Waals surface area (Å²) in [5, 5.41) is 4.55. The van der Waals surface area contributed by atoms with Gasteiger partial charge in [-0.15, -0.1) is 0 Å². The molecule has 1 aromatic carbocycles. The third kappa shape index (κ3) is 3.10. The van der Waals surface area contributed by atoms with E-state index in [9.17, 15) is 4.79 Å². The fourth-order valence-corrected chi connectivity index (χ4v) is 2.98. The van der Waals surface area contributed by atoms with Gasteiger partial charge in [0, 0.05) is 19.5 Å². The van der Waals surface area contributed by atoms with Gasteiger partial charge in [0.2, 0.25) is 0 Å². The monoisotopic (exact) mass is 325 g/mol. The molecule has 0 fully saturated rings. The zero-order valence-corrected chi connectivity index (χ0v) is 14.2. The molecular weight excluding hydrogens is 302 g/mol. The number of hydrogen-bond acceptors (Lipinski definition) is 4. The molecule has 6 nitrogen and oxygen atoms in total. The topological polar surface area (TPSA) is 89.6 Å². The van der Waals surface area contributed by atoms with E-state index in [1.165, 1.54) is 0 Å². The van der Waals surface area contributed by atoms with Crippen molar-refractivity contribution in [3.63, 3.8) is 0 Å². The number of fused-ring (bicyclic) bond motifs is 1. The van der Waals surface area contributed by atoms with E-state index in [-0.39, 0.29) is 5.56 Å². The van der Waals surface area contributed by atoms with Gasteiger partial charge in [0.15, 0.2) is 5.52 Å². The van der Waals surface area contributed by atoms with E-state index < -0.39 is 0 Å². The van der Waals surface area contributed by atoms with Crippen molar-refractivity contribution < 1.29 is 0 Å². The first-order valence-electron chi connectivity index (χ1n) is 8.42. The minimum atomic E-state index is -0.123. The van der Waals surface area contributed by atoms with Gasteiger partial charge in [-0.05, 0) is 24.5 Å². The highest BCUT2D eigenvalue weighted by Crippen LogP contribution is 2.16. The van der Waals surface area contributed by atoms with Crippen molar-refractivity contribution >= 4 is 11.0 Å². The predicted molar refractivity (Wildman–Crippen MR) is 95.0 cm³/mol. The lowest BCUT2D eigenvalue weighted by molar-refractivity contribution is 0.662. The molecule has 0 unspecified atom stereocenters. The highest BCUT2D eigenvalue weighted by atomic mass is 16.1. The summed E-state index contributed by atoms with van der Waals surface area (Å²) in [4.78, 5) is 20.1. The quantitative estimate of drug-likeness (QED) is 0.726. The van der Waals surface area contributed by atoms with Gasteiger partial charge in [0.05, 0.1) is 5.69 Å². The third-order valence-electron chi connectivity index (χ3n) is 4.10. The largest absolute Gasteiger partial charge is 0.326 e. The van der Waals surface area contributed by atoms with Gasteiger partial charge in [0.25, 0.3) is 5.56 Å². The van der Waals surface area contributed by atoms with Crippen LogP contribution >= 0.6 is 0 Å². The number of nitrogens with one attached hydrogen (secondary N) is 1. The second kappa shape index (κ2) is 6.97. The van der Waals surface area contributed by atoms with Gasteiger partial charge >= 0.3 is 0 Å². The molecule has 3 N–H and O–H groups in total. The molecule has 126 valence electrons. The highest BCUT2D eigenvalue weighted by Gasteiger charge is 2.15. The molecule has 6 heteroatoms. The zero-order valence-electron chi connectivity index (χ0n) is 14.2. The standard InChI is InChI=1S/C18H23N5O/c1-3-6-14-16-17(23(4-2)22-14)18(24)21-15(20-16)10-12-7-5-8-13(9-12)11-19/h5,7-9H,3-4,6,10-11,19H2,1-2H3,(H,20,21,24). The molecule has 0 bridgehead atoms. The molecule has 3 rings (SSSR count). The molecule has 0 saturated heterocycles. The van der Waals surface area contributed by atoms with Gasteiger partial charge in [0.1, 0.15) is 11.3 Å². The second-order valence-electron chi connectivity index (χ2n) is 5.92. The number of nitrogens with zero attached hydrogens (tertiary/aromatic N) is 3. The summed E-state index contributed by atoms with van der Waals surface area (Å²) in [5.74, 6) is 0.662. The Morgan fingerprint density at radius 3 is 2.75 bits per heavy atom. The van der Waals surface area contributed by atoms with Gasteiger partial charge < -0.3 is 10.7 Å². The third-order valence-corrected chi connectivity index (χ3v) is 4.10. The van der Waals surface area contributed by atoms with Crippen LogP contribution in [0.2, 0.25) is 0 Å². The maximum atomic E-state index is 12.5. The number of aryl methyl sites for hydroxylation is 2. The Balaban J connectivity index is 2.06. The van der Waals surface area contributed by atoms with E-state index in [1.807, 2.05) is 31.2 Å². The number of aromatic amines is 1. The minimum absolute atomic E-state index is 0.123. The summed E-state index contributed by atoms with van der Waals surface area (Å²) < 4.78 is 1.74. The van der Waals surface area contributed by atoms with Crippen molar-refractivity contribution in [1.29, 1.82) is 0 Å². The van der Waals surface area contributed by atoms with Crippen LogP contribution in [0.3, 0.4) is 0 Å². The van der Waals surface area contributed by atoms with Crippen molar-refractivity contribution in [3.8, 4) is 0 Å². The van der Waals surface area contributed by atoms with Crippen molar-refractivity contribution in [2.24, 2.45) is 5.73 Å². The van der Waals surface area contributed by atoms with Crippen LogP contribution in [-0.2, 0) is 25.9 Å². The van der Waals surface area contributed by atoms with E-state index >= 15 is 0 Å². The summed E-state index contributed by atoms with van der Waals surface area (Å²) in [7, 11) is 0. The normalized spacial score (nSPS) is 11.3. The molecule has 3 aromatic rings. The number of aromatic nitrogens is 4. The molecule has 0 saturated carbocycles. The van der Waals surface area contributed by atoms with Gasteiger partial charge in [-0.1, -0.05) is 37.6 Å². The lowest BCUT2D eigenvalue weighted by Crippen LogP contribution is -2.15. The predicted octanol–water partition coefficient (Wildman–Crippen LogP) is 2.14. The molecule has 0 radical (unpaired) electrons. The number of rotatable bonds is 6. The van der Waals surface area contributed by atoms with Crippen LogP contribution in [0, 0.1) is 0 Å². The number of nitrogens with two attached hydrogens (primary N) is 1. The maximum absolute atomic E-state index is 12.5. The molecule has 24 heavy (non-hydrogen) atoms. The molecule has 0 atom stereocenters. The first-order chi connectivity index (χ1) is 11.7. The summed E-state index contributed by atoms with van der Waals surface area (Å²) in [6.07, 6.45) is 2.36. The lowest BCUT2D eigenvalue weighted by Gasteiger charge is -2.05. The molecule has 0 aliphatic rings. The molecule has 0 amide bonds. The first kappa shape index (κ1) is 16.4. The van der Waals surface area contributed by atoms with Gasteiger partial charge in [-0.2, -0.15) is 5.10 Å². The highest BCUT2D eigenvalue weighted by molar-refractivity contribution is 5.76. The Kier molecular flexibility index (Phi) is 4.76. The summed E-state index contributed by atoms with van der Waals surface area (Å²) in [5.41, 5.74) is 9.93. The maximum Gasteiger partial charge on any atom is 0.277 e. The van der Waals surface area contributed by atoms with Crippen LogP contribution in [-0.4, -0.2) is 19.7 Å². The lowest BCUT2D eigenvalue weighted by atomic mass is 10.1. The molecule has 0 aliphatic carbocycles. The van der Waals surface area contributed by atoms with Crippen molar-refractivity contribution in [1.82, 2.24) is 19.7 Å². The molecular formula is C18H23N5O. The van der Waals surface area contributed by atoms with Crippen molar-refractivity contribution in [2.45, 2.75) is 46.2 Å². The Morgan fingerprint density at radius 2 is 2.04 bits per heavy atom. The second-order valence-corrected chi connectivity index (χ2v) is 5.92. The SMILES string of the molecule is CCCc1nn(CC)c2c(=O)[nH]c(Cc3cccc(CN)c3)nc12. The zero-order chi connectivity index (χ0) is 17.1. The van der Waals surface area contributed by atoms with Gasteiger partial charge in [-0.3, -0.25) is 9.48 Å². The van der Waals surface area contributed by atoms with E-state index in [2.05, 4.69) is 17.0 Å². The average molecular weight is 325 g/mol. The smallest absolute Gasteiger partial charge is 0.277 e. The molecule has 2 heterocycles. The van der Waals surface area contributed by atoms with Gasteiger partial charge in [-0.25, -0.2) is 4.98 Å². The fourth-order valence-electron chi connectivity index (χ4n) is 2.98. The summed E-state index contributed by atoms with van der Waals surface area (Å²) in [6, 6.07) is 8.04. The van der Waals surface area contributed by atoms with Crippen LogP contribution in [0.1, 0.15) is 42.9 Å². The van der Waals surface area contributed by atoms with Crippen LogP contribution in [0.5, 0.6) is 0 Å². The van der Waals surface area contributed by atoms with Crippen LogP contribution in [0.25, 0.3) is 11.0 Å². The van der Waals surface area contributed by atoms with E-state index in [0.29, 0.717) is 30.9 Å². The van der Waals surface area contributed by atoms with E-state index in [4.69, 9.17) is 10.7 Å². The summed E-state index contributed by atoms with van der Waals surface area (Å²) in [6.45, 7) is 5.24. The number of hydrogen-bond donors (Lipinski definition) is 2. The Hall–Kier alpha value is -2.47. The first-order valence-corrected chi connectivity index (χ1v) is 8.42. The molecule has 0 aliphatic heterocycles. The summed E-state index contributed by atoms with van der Waals surface area (Å²) >= 11 is 0. The Labute approximate surface area is 140 Å².